The van der Waals surface area contributed by atoms with Gasteiger partial charge in [-0.15, -0.1) is 0 Å². The molecule has 2 aromatic carbocycles. The van der Waals surface area contributed by atoms with Crippen molar-refractivity contribution in [2.45, 2.75) is 25.9 Å². The molecule has 0 saturated carbocycles. The van der Waals surface area contributed by atoms with Gasteiger partial charge in [0.2, 0.25) is 0 Å². The molecule has 1 unspecified atom stereocenters. The summed E-state index contributed by atoms with van der Waals surface area (Å²) in [6.07, 6.45) is 0.912. The van der Waals surface area contributed by atoms with E-state index in [0.29, 0.717) is 16.7 Å². The lowest BCUT2D eigenvalue weighted by Gasteiger charge is -2.28. The molecule has 0 bridgehead atoms. The van der Waals surface area contributed by atoms with Crippen LogP contribution in [0, 0.1) is 6.92 Å². The van der Waals surface area contributed by atoms with Crippen LogP contribution in [-0.2, 0) is 6.54 Å². The molecule has 1 atom stereocenters. The third kappa shape index (κ3) is 3.18. The molecule has 0 saturated heterocycles. The van der Waals surface area contributed by atoms with Crippen molar-refractivity contribution in [3.8, 4) is 5.75 Å². The second kappa shape index (κ2) is 6.27. The quantitative estimate of drug-likeness (QED) is 0.866. The highest BCUT2D eigenvalue weighted by molar-refractivity contribution is 6.35. The summed E-state index contributed by atoms with van der Waals surface area (Å²) >= 11 is 12.3. The zero-order valence-electron chi connectivity index (χ0n) is 11.8. The van der Waals surface area contributed by atoms with Crippen LogP contribution < -0.4 is 10.1 Å². The van der Waals surface area contributed by atoms with Gasteiger partial charge in [0.25, 0.3) is 0 Å². The highest BCUT2D eigenvalue weighted by atomic mass is 35.5. The summed E-state index contributed by atoms with van der Waals surface area (Å²) in [7, 11) is 0. The zero-order valence-corrected chi connectivity index (χ0v) is 13.3. The standard InChI is InChI=1S/C17H17Cl2NO/c1-11-4-2-3-5-12(11)10-20-16-6-7-21-17-14(16)8-13(18)9-15(17)19/h2-5,8-9,16,20H,6-7,10H2,1H3. The van der Waals surface area contributed by atoms with Crippen molar-refractivity contribution in [2.75, 3.05) is 6.61 Å². The van der Waals surface area contributed by atoms with Gasteiger partial charge in [-0.3, -0.25) is 0 Å². The average Bonchev–Trinajstić information content (AvgIpc) is 2.46. The molecule has 1 aliphatic heterocycles. The minimum Gasteiger partial charge on any atom is -0.492 e. The van der Waals surface area contributed by atoms with Crippen LogP contribution in [0.3, 0.4) is 0 Å². The van der Waals surface area contributed by atoms with Crippen LogP contribution in [0.1, 0.15) is 29.2 Å². The van der Waals surface area contributed by atoms with Crippen molar-refractivity contribution < 1.29 is 4.74 Å². The maximum absolute atomic E-state index is 6.22. The Balaban J connectivity index is 1.81. The fourth-order valence-corrected chi connectivity index (χ4v) is 3.24. The monoisotopic (exact) mass is 321 g/mol. The van der Waals surface area contributed by atoms with Crippen molar-refractivity contribution in [3.63, 3.8) is 0 Å². The third-order valence-corrected chi connectivity index (χ3v) is 4.36. The molecule has 4 heteroatoms. The average molecular weight is 322 g/mol. The van der Waals surface area contributed by atoms with Crippen LogP contribution in [0.4, 0.5) is 0 Å². The van der Waals surface area contributed by atoms with E-state index in [0.717, 1.165) is 24.3 Å². The van der Waals surface area contributed by atoms with Gasteiger partial charge in [0.15, 0.2) is 0 Å². The topological polar surface area (TPSA) is 21.3 Å². The van der Waals surface area contributed by atoms with Gasteiger partial charge in [-0.2, -0.15) is 0 Å². The summed E-state index contributed by atoms with van der Waals surface area (Å²) in [4.78, 5) is 0. The molecule has 0 amide bonds. The number of fused-ring (bicyclic) bond motifs is 1. The van der Waals surface area contributed by atoms with Crippen molar-refractivity contribution in [1.29, 1.82) is 0 Å². The van der Waals surface area contributed by atoms with Crippen LogP contribution in [0.25, 0.3) is 0 Å². The Morgan fingerprint density at radius 1 is 1.24 bits per heavy atom. The van der Waals surface area contributed by atoms with Gasteiger partial charge < -0.3 is 10.1 Å². The van der Waals surface area contributed by atoms with Crippen molar-refractivity contribution in [2.24, 2.45) is 0 Å². The molecule has 110 valence electrons. The molecular formula is C17H17Cl2NO. The predicted octanol–water partition coefficient (Wildman–Crippen LogP) is 4.92. The number of hydrogen-bond acceptors (Lipinski definition) is 2. The number of halogens is 2. The van der Waals surface area contributed by atoms with E-state index < -0.39 is 0 Å². The third-order valence-electron chi connectivity index (χ3n) is 3.87. The van der Waals surface area contributed by atoms with Crippen molar-refractivity contribution in [1.82, 2.24) is 5.32 Å². The second-order valence-corrected chi connectivity index (χ2v) is 6.15. The van der Waals surface area contributed by atoms with Crippen LogP contribution in [0.5, 0.6) is 5.75 Å². The SMILES string of the molecule is Cc1ccccc1CNC1CCOc2c(Cl)cc(Cl)cc21. The summed E-state index contributed by atoms with van der Waals surface area (Å²) in [5.41, 5.74) is 3.65. The number of benzene rings is 2. The van der Waals surface area contributed by atoms with Gasteiger partial charge in [-0.25, -0.2) is 0 Å². The maximum atomic E-state index is 6.22. The second-order valence-electron chi connectivity index (χ2n) is 5.30. The Morgan fingerprint density at radius 3 is 2.86 bits per heavy atom. The van der Waals surface area contributed by atoms with Gasteiger partial charge in [0.1, 0.15) is 5.75 Å². The fourth-order valence-electron chi connectivity index (χ4n) is 2.68. The van der Waals surface area contributed by atoms with Gasteiger partial charge in [0, 0.05) is 29.6 Å². The normalized spacial score (nSPS) is 17.2. The van der Waals surface area contributed by atoms with Gasteiger partial charge in [-0.1, -0.05) is 47.5 Å². The van der Waals surface area contributed by atoms with Gasteiger partial charge >= 0.3 is 0 Å². The smallest absolute Gasteiger partial charge is 0.142 e. The summed E-state index contributed by atoms with van der Waals surface area (Å²) in [5, 5.41) is 4.82. The first-order chi connectivity index (χ1) is 10.1. The van der Waals surface area contributed by atoms with E-state index in [9.17, 15) is 0 Å². The van der Waals surface area contributed by atoms with E-state index in [4.69, 9.17) is 27.9 Å². The van der Waals surface area contributed by atoms with E-state index in [-0.39, 0.29) is 6.04 Å². The molecule has 3 rings (SSSR count). The number of rotatable bonds is 3. The number of hydrogen-bond donors (Lipinski definition) is 1. The summed E-state index contributed by atoms with van der Waals surface area (Å²) < 4.78 is 5.68. The minimum absolute atomic E-state index is 0.213. The Hall–Kier alpha value is -1.22. The molecule has 0 radical (unpaired) electrons. The molecule has 0 aliphatic carbocycles. The van der Waals surface area contributed by atoms with Crippen LogP contribution in [0.2, 0.25) is 10.0 Å². The summed E-state index contributed by atoms with van der Waals surface area (Å²) in [6.45, 7) is 3.61. The zero-order chi connectivity index (χ0) is 14.8. The molecule has 1 heterocycles. The van der Waals surface area contributed by atoms with E-state index in [1.54, 1.807) is 6.07 Å². The predicted molar refractivity (Wildman–Crippen MR) is 87.3 cm³/mol. The van der Waals surface area contributed by atoms with E-state index >= 15 is 0 Å². The minimum atomic E-state index is 0.213. The van der Waals surface area contributed by atoms with Crippen molar-refractivity contribution in [3.05, 3.63) is 63.1 Å². The van der Waals surface area contributed by atoms with Crippen LogP contribution in [0.15, 0.2) is 36.4 Å². The lowest BCUT2D eigenvalue weighted by molar-refractivity contribution is 0.252. The number of nitrogens with one attached hydrogen (secondary N) is 1. The first kappa shape index (κ1) is 14.7. The summed E-state index contributed by atoms with van der Waals surface area (Å²) in [6, 6.07) is 12.3. The number of aryl methyl sites for hydroxylation is 1. The first-order valence-electron chi connectivity index (χ1n) is 7.05. The highest BCUT2D eigenvalue weighted by Gasteiger charge is 2.24. The molecular weight excluding hydrogens is 305 g/mol. The first-order valence-corrected chi connectivity index (χ1v) is 7.80. The Morgan fingerprint density at radius 2 is 2.05 bits per heavy atom. The lowest BCUT2D eigenvalue weighted by atomic mass is 9.99. The molecule has 2 aromatic rings. The van der Waals surface area contributed by atoms with E-state index in [2.05, 4.69) is 36.5 Å². The van der Waals surface area contributed by atoms with Crippen LogP contribution in [-0.4, -0.2) is 6.61 Å². The summed E-state index contributed by atoms with van der Waals surface area (Å²) in [5.74, 6) is 0.759. The van der Waals surface area contributed by atoms with Gasteiger partial charge in [-0.05, 0) is 30.2 Å². The molecule has 21 heavy (non-hydrogen) atoms. The van der Waals surface area contributed by atoms with E-state index in [1.807, 2.05) is 6.07 Å². The molecule has 1 aliphatic rings. The molecule has 0 aromatic heterocycles. The van der Waals surface area contributed by atoms with E-state index in [1.165, 1.54) is 11.1 Å². The van der Waals surface area contributed by atoms with Crippen molar-refractivity contribution >= 4 is 23.2 Å². The maximum Gasteiger partial charge on any atom is 0.142 e. The fraction of sp³-hybridized carbons (Fsp3) is 0.294. The highest BCUT2D eigenvalue weighted by Crippen LogP contribution is 2.40. The Labute approximate surface area is 135 Å². The van der Waals surface area contributed by atoms with Gasteiger partial charge in [0.05, 0.1) is 11.6 Å². The molecule has 0 spiro atoms. The Bertz CT molecular complexity index is 657. The molecule has 0 fully saturated rings. The molecule has 1 N–H and O–H groups in total. The lowest BCUT2D eigenvalue weighted by Crippen LogP contribution is -2.27. The largest absolute Gasteiger partial charge is 0.492 e. The van der Waals surface area contributed by atoms with Crippen LogP contribution >= 0.6 is 23.2 Å². The number of ether oxygens (including phenoxy) is 1. The molecule has 2 nitrogen and oxygen atoms in total. The Kier molecular flexibility index (Phi) is 4.39.